The minimum Gasteiger partial charge on any atom is -0.497 e. The summed E-state index contributed by atoms with van der Waals surface area (Å²) in [6.07, 6.45) is 1.34. The maximum absolute atomic E-state index is 13.8. The van der Waals surface area contributed by atoms with E-state index in [4.69, 9.17) is 9.47 Å². The first-order valence-electron chi connectivity index (χ1n) is 9.94. The third-order valence-electron chi connectivity index (χ3n) is 5.24. The van der Waals surface area contributed by atoms with E-state index in [2.05, 4.69) is 5.32 Å². The topological polar surface area (TPSA) is 84.9 Å². The number of fused-ring (bicyclic) bond motifs is 1. The summed E-state index contributed by atoms with van der Waals surface area (Å²) < 4.78 is 64.0. The van der Waals surface area contributed by atoms with Gasteiger partial charge < -0.3 is 14.8 Å². The summed E-state index contributed by atoms with van der Waals surface area (Å²) in [7, 11) is -2.45. The highest BCUT2D eigenvalue weighted by Gasteiger charge is 2.37. The number of hydrogen-bond donors (Lipinski definition) is 1. The third kappa shape index (κ3) is 4.95. The maximum atomic E-state index is 13.8. The number of sulfonamides is 1. The largest absolute Gasteiger partial charge is 0.497 e. The van der Waals surface area contributed by atoms with Crippen molar-refractivity contribution < 1.29 is 31.5 Å². The number of amides is 1. The molecular formula is C22H26F2N2O5S. The highest BCUT2D eigenvalue weighted by atomic mass is 32.2. The predicted molar refractivity (Wildman–Crippen MR) is 116 cm³/mol. The average Bonchev–Trinajstić information content (AvgIpc) is 2.68. The fourth-order valence-electron chi connectivity index (χ4n) is 3.81. The van der Waals surface area contributed by atoms with Crippen LogP contribution in [0.3, 0.4) is 0 Å². The van der Waals surface area contributed by atoms with Crippen LogP contribution in [0.5, 0.6) is 11.5 Å². The van der Waals surface area contributed by atoms with Crippen molar-refractivity contribution in [3.8, 4) is 11.5 Å². The molecule has 1 N–H and O–H groups in total. The van der Waals surface area contributed by atoms with Gasteiger partial charge in [-0.15, -0.1) is 0 Å². The average molecular weight is 469 g/mol. The van der Waals surface area contributed by atoms with Gasteiger partial charge in [-0.25, -0.2) is 17.2 Å². The molecule has 3 rings (SSSR count). The van der Waals surface area contributed by atoms with Crippen molar-refractivity contribution in [2.45, 2.75) is 44.9 Å². The highest BCUT2D eigenvalue weighted by Crippen LogP contribution is 2.41. The monoisotopic (exact) mass is 468 g/mol. The van der Waals surface area contributed by atoms with E-state index >= 15 is 0 Å². The molecule has 1 aliphatic rings. The van der Waals surface area contributed by atoms with E-state index in [1.807, 2.05) is 13.8 Å². The SMILES string of the molecule is COc1ccc2c(c1)OC(C)(C)CC2NC(=O)C(C)N(c1ccc(F)c(F)c1)S(C)(=O)=O. The van der Waals surface area contributed by atoms with E-state index in [-0.39, 0.29) is 5.69 Å². The maximum Gasteiger partial charge on any atom is 0.244 e. The molecule has 7 nitrogen and oxygen atoms in total. The van der Waals surface area contributed by atoms with Gasteiger partial charge in [0, 0.05) is 24.1 Å². The molecule has 2 unspecified atom stereocenters. The Bertz CT molecular complexity index is 1140. The molecule has 0 aromatic heterocycles. The zero-order valence-electron chi connectivity index (χ0n) is 18.5. The van der Waals surface area contributed by atoms with Crippen molar-refractivity contribution in [3.05, 3.63) is 53.6 Å². The second-order valence-electron chi connectivity index (χ2n) is 8.36. The lowest BCUT2D eigenvalue weighted by atomic mass is 9.89. The summed E-state index contributed by atoms with van der Waals surface area (Å²) in [5.41, 5.74) is -0.0205. The van der Waals surface area contributed by atoms with Crippen LogP contribution in [-0.2, 0) is 14.8 Å². The van der Waals surface area contributed by atoms with Crippen LogP contribution in [0.1, 0.15) is 38.8 Å². The van der Waals surface area contributed by atoms with Crippen molar-refractivity contribution in [1.29, 1.82) is 0 Å². The summed E-state index contributed by atoms with van der Waals surface area (Å²) in [5.74, 6) is -1.76. The number of benzene rings is 2. The molecule has 32 heavy (non-hydrogen) atoms. The number of anilines is 1. The molecule has 10 heteroatoms. The van der Waals surface area contributed by atoms with E-state index in [9.17, 15) is 22.0 Å². The third-order valence-corrected chi connectivity index (χ3v) is 6.48. The van der Waals surface area contributed by atoms with Gasteiger partial charge in [0.05, 0.1) is 25.1 Å². The molecule has 0 spiro atoms. The molecule has 1 heterocycles. The first-order chi connectivity index (χ1) is 14.8. The lowest BCUT2D eigenvalue weighted by Gasteiger charge is -2.39. The van der Waals surface area contributed by atoms with Crippen LogP contribution in [0.4, 0.5) is 14.5 Å². The van der Waals surface area contributed by atoms with Gasteiger partial charge in [-0.1, -0.05) is 0 Å². The fourth-order valence-corrected chi connectivity index (χ4v) is 4.98. The van der Waals surface area contributed by atoms with E-state index in [0.29, 0.717) is 17.9 Å². The lowest BCUT2D eigenvalue weighted by Crippen LogP contribution is -2.50. The van der Waals surface area contributed by atoms with Crippen LogP contribution >= 0.6 is 0 Å². The second-order valence-corrected chi connectivity index (χ2v) is 10.2. The minimum atomic E-state index is -3.98. The molecule has 2 aromatic rings. The molecule has 2 aromatic carbocycles. The summed E-state index contributed by atoms with van der Waals surface area (Å²) in [4.78, 5) is 13.1. The van der Waals surface area contributed by atoms with E-state index in [0.717, 1.165) is 34.3 Å². The van der Waals surface area contributed by atoms with Crippen LogP contribution in [0.15, 0.2) is 36.4 Å². The molecule has 0 bridgehead atoms. The summed E-state index contributed by atoms with van der Waals surface area (Å²) in [5, 5.41) is 2.88. The molecule has 2 atom stereocenters. The van der Waals surface area contributed by atoms with Crippen LogP contribution < -0.4 is 19.1 Å². The molecule has 0 aliphatic carbocycles. The lowest BCUT2D eigenvalue weighted by molar-refractivity contribution is -0.123. The van der Waals surface area contributed by atoms with Crippen LogP contribution in [0.25, 0.3) is 0 Å². The number of ether oxygens (including phenoxy) is 2. The van der Waals surface area contributed by atoms with Crippen LogP contribution in [0, 0.1) is 11.6 Å². The Kier molecular flexibility index (Phi) is 6.37. The molecule has 0 saturated carbocycles. The van der Waals surface area contributed by atoms with E-state index in [1.165, 1.54) is 14.0 Å². The van der Waals surface area contributed by atoms with Gasteiger partial charge in [-0.3, -0.25) is 9.10 Å². The Morgan fingerprint density at radius 3 is 2.50 bits per heavy atom. The summed E-state index contributed by atoms with van der Waals surface area (Å²) in [6.45, 7) is 5.14. The second kappa shape index (κ2) is 8.57. The molecule has 1 aliphatic heterocycles. The normalized spacial score (nSPS) is 18.2. The fraction of sp³-hybridized carbons (Fsp3) is 0.409. The standard InChI is InChI=1S/C22H26F2N2O5S/c1-13(26(32(5,28)29)14-6-9-17(23)18(24)10-14)21(27)25-19-12-22(2,3)31-20-11-15(30-4)7-8-16(19)20/h6-11,13,19H,12H2,1-5H3,(H,25,27). The molecule has 0 fully saturated rings. The van der Waals surface area contributed by atoms with Crippen molar-refractivity contribution in [2.24, 2.45) is 0 Å². The first kappa shape index (κ1) is 23.8. The Hall–Kier alpha value is -2.88. The number of halogens is 2. The van der Waals surface area contributed by atoms with Crippen LogP contribution in [0.2, 0.25) is 0 Å². The number of carbonyl (C=O) groups is 1. The number of nitrogens with zero attached hydrogens (tertiary/aromatic N) is 1. The zero-order valence-corrected chi connectivity index (χ0v) is 19.3. The van der Waals surface area contributed by atoms with Gasteiger partial charge in [0.15, 0.2) is 11.6 Å². The van der Waals surface area contributed by atoms with Crippen LogP contribution in [-0.4, -0.2) is 39.3 Å². The number of methoxy groups -OCH3 is 1. The Morgan fingerprint density at radius 2 is 1.91 bits per heavy atom. The molecule has 0 saturated heterocycles. The van der Waals surface area contributed by atoms with Gasteiger partial charge in [0.25, 0.3) is 0 Å². The summed E-state index contributed by atoms with van der Waals surface area (Å²) >= 11 is 0. The van der Waals surface area contributed by atoms with Gasteiger partial charge in [-0.2, -0.15) is 0 Å². The number of hydrogen-bond acceptors (Lipinski definition) is 5. The highest BCUT2D eigenvalue weighted by molar-refractivity contribution is 7.92. The first-order valence-corrected chi connectivity index (χ1v) is 11.8. The summed E-state index contributed by atoms with van der Waals surface area (Å²) in [6, 6.07) is 6.25. The quantitative estimate of drug-likeness (QED) is 0.701. The Balaban J connectivity index is 1.92. The van der Waals surface area contributed by atoms with Gasteiger partial charge in [-0.05, 0) is 45.0 Å². The molecule has 0 radical (unpaired) electrons. The molecule has 1 amide bonds. The predicted octanol–water partition coefficient (Wildman–Crippen LogP) is 3.55. The van der Waals surface area contributed by atoms with E-state index in [1.54, 1.807) is 18.2 Å². The number of nitrogens with one attached hydrogen (secondary N) is 1. The number of carbonyl (C=O) groups excluding carboxylic acids is 1. The smallest absolute Gasteiger partial charge is 0.244 e. The van der Waals surface area contributed by atoms with Gasteiger partial charge in [0.2, 0.25) is 15.9 Å². The van der Waals surface area contributed by atoms with Crippen molar-refractivity contribution in [3.63, 3.8) is 0 Å². The van der Waals surface area contributed by atoms with Gasteiger partial charge >= 0.3 is 0 Å². The van der Waals surface area contributed by atoms with Crippen molar-refractivity contribution >= 4 is 21.6 Å². The Labute approximate surface area is 186 Å². The number of rotatable bonds is 6. The Morgan fingerprint density at radius 1 is 1.22 bits per heavy atom. The van der Waals surface area contributed by atoms with Crippen molar-refractivity contribution in [2.75, 3.05) is 17.7 Å². The zero-order chi connectivity index (χ0) is 23.8. The molecular weight excluding hydrogens is 442 g/mol. The van der Waals surface area contributed by atoms with Crippen molar-refractivity contribution in [1.82, 2.24) is 5.32 Å². The minimum absolute atomic E-state index is 0.147. The van der Waals surface area contributed by atoms with Gasteiger partial charge in [0.1, 0.15) is 23.1 Å². The van der Waals surface area contributed by atoms with E-state index < -0.39 is 45.2 Å². The molecule has 174 valence electrons.